The second-order valence-electron chi connectivity index (χ2n) is 3.55. The molecule has 76 valence electrons. The van der Waals surface area contributed by atoms with E-state index in [1.165, 1.54) is 0 Å². The Morgan fingerprint density at radius 2 is 2.29 bits per heavy atom. The minimum absolute atomic E-state index is 0.115. The van der Waals surface area contributed by atoms with Gasteiger partial charge in [0.15, 0.2) is 5.67 Å². The van der Waals surface area contributed by atoms with Crippen molar-refractivity contribution in [2.45, 2.75) is 12.1 Å². The molecule has 1 aliphatic rings. The lowest BCUT2D eigenvalue weighted by Gasteiger charge is -2.18. The van der Waals surface area contributed by atoms with E-state index in [1.54, 1.807) is 24.5 Å². The Hall–Kier alpha value is -1.16. The maximum atomic E-state index is 13.8. The molecule has 0 radical (unpaired) electrons. The number of hydrogen-bond donors (Lipinski definition) is 1. The highest BCUT2D eigenvalue weighted by molar-refractivity contribution is 5.17. The van der Waals surface area contributed by atoms with Gasteiger partial charge in [-0.05, 0) is 25.1 Å². The molecule has 0 amide bonds. The van der Waals surface area contributed by atoms with Crippen LogP contribution in [0.5, 0.6) is 5.75 Å². The molecule has 0 unspecified atom stereocenters. The Kier molecular flexibility index (Phi) is 2.63. The van der Waals surface area contributed by atoms with Gasteiger partial charge in [-0.15, -0.1) is 0 Å². The number of alkyl halides is 1. The van der Waals surface area contributed by atoms with E-state index >= 15 is 0 Å². The third kappa shape index (κ3) is 2.20. The molecule has 2 rings (SSSR count). The van der Waals surface area contributed by atoms with Crippen LogP contribution in [0.25, 0.3) is 0 Å². The van der Waals surface area contributed by atoms with Gasteiger partial charge in [0, 0.05) is 18.9 Å². The number of pyridine rings is 1. The SMILES string of the molecule is F[C@@]1(COc2ccncc2)CCNC1. The highest BCUT2D eigenvalue weighted by Crippen LogP contribution is 2.21. The minimum atomic E-state index is -1.21. The molecule has 1 aromatic heterocycles. The molecule has 14 heavy (non-hydrogen) atoms. The fourth-order valence-corrected chi connectivity index (χ4v) is 1.48. The van der Waals surface area contributed by atoms with Crippen LogP contribution in [0.15, 0.2) is 24.5 Å². The normalized spacial score (nSPS) is 26.4. The lowest BCUT2D eigenvalue weighted by Crippen LogP contribution is -2.33. The quantitative estimate of drug-likeness (QED) is 0.787. The standard InChI is InChI=1S/C10H13FN2O/c11-10(3-6-13-7-10)8-14-9-1-4-12-5-2-9/h1-2,4-5,13H,3,6-8H2/t10-/m0/s1. The largest absolute Gasteiger partial charge is 0.490 e. The van der Waals surface area contributed by atoms with Crippen molar-refractivity contribution in [3.05, 3.63) is 24.5 Å². The highest BCUT2D eigenvalue weighted by atomic mass is 19.1. The average Bonchev–Trinajstić information content (AvgIpc) is 2.65. The van der Waals surface area contributed by atoms with Crippen molar-refractivity contribution in [3.63, 3.8) is 0 Å². The summed E-state index contributed by atoms with van der Waals surface area (Å²) in [5, 5.41) is 2.98. The molecule has 0 saturated carbocycles. The number of aromatic nitrogens is 1. The van der Waals surface area contributed by atoms with Crippen molar-refractivity contribution in [3.8, 4) is 5.75 Å². The van der Waals surface area contributed by atoms with Gasteiger partial charge in [0.2, 0.25) is 0 Å². The van der Waals surface area contributed by atoms with E-state index in [0.29, 0.717) is 18.7 Å². The maximum absolute atomic E-state index is 13.8. The molecule has 4 heteroatoms. The zero-order valence-corrected chi connectivity index (χ0v) is 7.87. The maximum Gasteiger partial charge on any atom is 0.158 e. The molecule has 0 aromatic carbocycles. The second kappa shape index (κ2) is 3.92. The molecular weight excluding hydrogens is 183 g/mol. The van der Waals surface area contributed by atoms with E-state index in [1.807, 2.05) is 0 Å². The van der Waals surface area contributed by atoms with Crippen molar-refractivity contribution in [1.29, 1.82) is 0 Å². The van der Waals surface area contributed by atoms with Gasteiger partial charge in [0.25, 0.3) is 0 Å². The fourth-order valence-electron chi connectivity index (χ4n) is 1.48. The first-order chi connectivity index (χ1) is 6.79. The summed E-state index contributed by atoms with van der Waals surface area (Å²) < 4.78 is 19.1. The molecule has 1 saturated heterocycles. The van der Waals surface area contributed by atoms with Crippen LogP contribution in [0, 0.1) is 0 Å². The van der Waals surface area contributed by atoms with Crippen molar-refractivity contribution >= 4 is 0 Å². The van der Waals surface area contributed by atoms with E-state index < -0.39 is 5.67 Å². The summed E-state index contributed by atoms with van der Waals surface area (Å²) in [7, 11) is 0. The summed E-state index contributed by atoms with van der Waals surface area (Å²) in [4.78, 5) is 3.86. The van der Waals surface area contributed by atoms with Crippen LogP contribution in [0.1, 0.15) is 6.42 Å². The first kappa shape index (κ1) is 9.40. The first-order valence-electron chi connectivity index (χ1n) is 4.71. The number of rotatable bonds is 3. The number of hydrogen-bond acceptors (Lipinski definition) is 3. The van der Waals surface area contributed by atoms with Crippen LogP contribution in [0.3, 0.4) is 0 Å². The Morgan fingerprint density at radius 1 is 1.50 bits per heavy atom. The predicted octanol–water partition coefficient (Wildman–Crippen LogP) is 1.16. The number of nitrogens with one attached hydrogen (secondary N) is 1. The lowest BCUT2D eigenvalue weighted by atomic mass is 10.1. The second-order valence-corrected chi connectivity index (χ2v) is 3.55. The number of nitrogens with zero attached hydrogens (tertiary/aromatic N) is 1. The summed E-state index contributed by atoms with van der Waals surface area (Å²) in [5.41, 5.74) is -1.21. The lowest BCUT2D eigenvalue weighted by molar-refractivity contribution is 0.103. The Bertz CT molecular complexity index is 285. The van der Waals surface area contributed by atoms with Crippen molar-refractivity contribution in [2.75, 3.05) is 19.7 Å². The van der Waals surface area contributed by atoms with Gasteiger partial charge in [0.05, 0.1) is 0 Å². The van der Waals surface area contributed by atoms with Gasteiger partial charge in [-0.1, -0.05) is 0 Å². The van der Waals surface area contributed by atoms with Crippen LogP contribution in [0.4, 0.5) is 4.39 Å². The Morgan fingerprint density at radius 3 is 2.93 bits per heavy atom. The molecule has 1 atom stereocenters. The minimum Gasteiger partial charge on any atom is -0.490 e. The molecule has 3 nitrogen and oxygen atoms in total. The van der Waals surface area contributed by atoms with E-state index in [0.717, 1.165) is 6.54 Å². The van der Waals surface area contributed by atoms with E-state index in [-0.39, 0.29) is 6.61 Å². The Balaban J connectivity index is 1.88. The van der Waals surface area contributed by atoms with Crippen LogP contribution in [-0.2, 0) is 0 Å². The summed E-state index contributed by atoms with van der Waals surface area (Å²) >= 11 is 0. The average molecular weight is 196 g/mol. The zero-order valence-electron chi connectivity index (χ0n) is 7.87. The van der Waals surface area contributed by atoms with Crippen LogP contribution >= 0.6 is 0 Å². The van der Waals surface area contributed by atoms with Gasteiger partial charge in [-0.25, -0.2) is 4.39 Å². The molecule has 1 aromatic rings. The van der Waals surface area contributed by atoms with Gasteiger partial charge >= 0.3 is 0 Å². The van der Waals surface area contributed by atoms with Gasteiger partial charge in [0.1, 0.15) is 12.4 Å². The first-order valence-corrected chi connectivity index (χ1v) is 4.71. The third-order valence-corrected chi connectivity index (χ3v) is 2.34. The smallest absolute Gasteiger partial charge is 0.158 e. The summed E-state index contributed by atoms with van der Waals surface area (Å²) in [5.74, 6) is 0.670. The van der Waals surface area contributed by atoms with Crippen molar-refractivity contribution < 1.29 is 9.13 Å². The van der Waals surface area contributed by atoms with E-state index in [9.17, 15) is 4.39 Å². The van der Waals surface area contributed by atoms with E-state index in [2.05, 4.69) is 10.3 Å². The Labute approximate surface area is 82.3 Å². The zero-order chi connectivity index (χ0) is 9.86. The van der Waals surface area contributed by atoms with Crippen LogP contribution in [0.2, 0.25) is 0 Å². The topological polar surface area (TPSA) is 34.1 Å². The fraction of sp³-hybridized carbons (Fsp3) is 0.500. The van der Waals surface area contributed by atoms with Crippen molar-refractivity contribution in [1.82, 2.24) is 10.3 Å². The monoisotopic (exact) mass is 196 g/mol. The molecule has 2 heterocycles. The van der Waals surface area contributed by atoms with Gasteiger partial charge < -0.3 is 10.1 Å². The van der Waals surface area contributed by atoms with Crippen LogP contribution < -0.4 is 10.1 Å². The number of ether oxygens (including phenoxy) is 1. The molecular formula is C10H13FN2O. The highest BCUT2D eigenvalue weighted by Gasteiger charge is 2.34. The van der Waals surface area contributed by atoms with E-state index in [4.69, 9.17) is 4.74 Å². The molecule has 0 bridgehead atoms. The molecule has 0 spiro atoms. The molecule has 0 aliphatic carbocycles. The number of halogens is 1. The molecule has 1 aliphatic heterocycles. The van der Waals surface area contributed by atoms with Gasteiger partial charge in [-0.3, -0.25) is 4.98 Å². The van der Waals surface area contributed by atoms with Crippen molar-refractivity contribution in [2.24, 2.45) is 0 Å². The summed E-state index contributed by atoms with van der Waals surface area (Å²) in [6, 6.07) is 3.46. The van der Waals surface area contributed by atoms with Gasteiger partial charge in [-0.2, -0.15) is 0 Å². The summed E-state index contributed by atoms with van der Waals surface area (Å²) in [6.45, 7) is 1.23. The summed E-state index contributed by atoms with van der Waals surface area (Å²) in [6.07, 6.45) is 3.79. The molecule has 1 N–H and O–H groups in total. The van der Waals surface area contributed by atoms with Crippen LogP contribution in [-0.4, -0.2) is 30.3 Å². The predicted molar refractivity (Wildman–Crippen MR) is 51.1 cm³/mol. The molecule has 1 fully saturated rings. The third-order valence-electron chi connectivity index (χ3n) is 2.34.